The molecule has 0 aromatic rings. The van der Waals surface area contributed by atoms with E-state index in [4.69, 9.17) is 0 Å². The van der Waals surface area contributed by atoms with Gasteiger partial charge in [-0.2, -0.15) is 0 Å². The maximum Gasteiger partial charge on any atom is 0.267 e. The zero-order valence-electron chi connectivity index (χ0n) is 14.6. The number of aliphatic hydroxyl groups is 2. The lowest BCUT2D eigenvalue weighted by molar-refractivity contribution is -0.133. The fourth-order valence-electron chi connectivity index (χ4n) is 3.69. The van der Waals surface area contributed by atoms with E-state index in [1.807, 2.05) is 31.2 Å². The van der Waals surface area contributed by atoms with Crippen LogP contribution in [0.4, 0.5) is 0 Å². The minimum Gasteiger partial charge on any atom is -0.510 e. The Kier molecular flexibility index (Phi) is 4.81. The van der Waals surface area contributed by atoms with Crippen LogP contribution in [0, 0.1) is 5.92 Å². The van der Waals surface area contributed by atoms with E-state index in [0.29, 0.717) is 25.1 Å². The molecule has 2 unspecified atom stereocenters. The third kappa shape index (κ3) is 2.91. The quantitative estimate of drug-likeness (QED) is 0.768. The van der Waals surface area contributed by atoms with E-state index in [1.54, 1.807) is 7.05 Å². The van der Waals surface area contributed by atoms with Gasteiger partial charge in [0.2, 0.25) is 0 Å². The Morgan fingerprint density at radius 1 is 1.32 bits per heavy atom. The summed E-state index contributed by atoms with van der Waals surface area (Å²) in [4.78, 5) is 28.7. The van der Waals surface area contributed by atoms with Gasteiger partial charge in [-0.3, -0.25) is 9.59 Å². The Balaban J connectivity index is 2.02. The van der Waals surface area contributed by atoms with Crippen molar-refractivity contribution in [2.24, 2.45) is 5.92 Å². The Labute approximate surface area is 147 Å². The smallest absolute Gasteiger partial charge is 0.267 e. The lowest BCUT2D eigenvalue weighted by atomic mass is 9.82. The second-order valence-electron chi connectivity index (χ2n) is 6.53. The lowest BCUT2D eigenvalue weighted by Gasteiger charge is -2.39. The third-order valence-corrected chi connectivity index (χ3v) is 5.04. The average molecular weight is 344 g/mol. The molecule has 6 heteroatoms. The van der Waals surface area contributed by atoms with E-state index in [-0.39, 0.29) is 11.3 Å². The van der Waals surface area contributed by atoms with Crippen molar-refractivity contribution in [3.05, 3.63) is 47.0 Å². The maximum absolute atomic E-state index is 13.1. The van der Waals surface area contributed by atoms with Crippen LogP contribution in [0.3, 0.4) is 0 Å². The lowest BCUT2D eigenvalue weighted by Crippen LogP contribution is -2.47. The summed E-state index contributed by atoms with van der Waals surface area (Å²) in [5, 5.41) is 21.0. The van der Waals surface area contributed by atoms with Gasteiger partial charge in [0.25, 0.3) is 11.8 Å². The summed E-state index contributed by atoms with van der Waals surface area (Å²) in [6.45, 7) is 2.22. The molecule has 3 aliphatic rings. The highest BCUT2D eigenvalue weighted by Crippen LogP contribution is 2.38. The largest absolute Gasteiger partial charge is 0.510 e. The molecule has 2 aliphatic carbocycles. The molecule has 0 saturated heterocycles. The van der Waals surface area contributed by atoms with Crippen LogP contribution in [0.25, 0.3) is 0 Å². The summed E-state index contributed by atoms with van der Waals surface area (Å²) in [6.07, 6.45) is 9.74. The molecule has 134 valence electrons. The number of carbonyl (C=O) groups is 2. The minimum absolute atomic E-state index is 0.243. The van der Waals surface area contributed by atoms with Crippen molar-refractivity contribution in [1.82, 2.24) is 9.80 Å². The Hall–Kier alpha value is -2.34. The normalized spacial score (nSPS) is 26.2. The monoisotopic (exact) mass is 344 g/mol. The van der Waals surface area contributed by atoms with Gasteiger partial charge < -0.3 is 20.0 Å². The van der Waals surface area contributed by atoms with Gasteiger partial charge >= 0.3 is 0 Å². The molecular formula is C19H24N2O4. The summed E-state index contributed by atoms with van der Waals surface area (Å²) in [5.41, 5.74) is 1.06. The Morgan fingerprint density at radius 3 is 2.72 bits per heavy atom. The molecule has 0 bridgehead atoms. The molecule has 1 heterocycles. The van der Waals surface area contributed by atoms with Gasteiger partial charge in [-0.15, -0.1) is 0 Å². The predicted octanol–water partition coefficient (Wildman–Crippen LogP) is 2.01. The number of hydrogen-bond acceptors (Lipinski definition) is 4. The van der Waals surface area contributed by atoms with Crippen LogP contribution < -0.4 is 0 Å². The third-order valence-electron chi connectivity index (χ3n) is 5.04. The molecule has 0 radical (unpaired) electrons. The highest BCUT2D eigenvalue weighted by molar-refractivity contribution is 6.20. The number of rotatable bonds is 3. The topological polar surface area (TPSA) is 81.1 Å². The first-order valence-corrected chi connectivity index (χ1v) is 8.75. The van der Waals surface area contributed by atoms with Crippen molar-refractivity contribution < 1.29 is 19.8 Å². The Morgan fingerprint density at radius 2 is 2.08 bits per heavy atom. The fourth-order valence-corrected chi connectivity index (χ4v) is 3.69. The molecule has 0 saturated carbocycles. The molecule has 2 atom stereocenters. The second-order valence-corrected chi connectivity index (χ2v) is 6.53. The van der Waals surface area contributed by atoms with E-state index in [0.717, 1.165) is 18.5 Å². The number of allylic oxidation sites excluding steroid dienone is 4. The van der Waals surface area contributed by atoms with Crippen LogP contribution in [0.1, 0.15) is 32.6 Å². The van der Waals surface area contributed by atoms with Crippen LogP contribution >= 0.6 is 0 Å². The van der Waals surface area contributed by atoms with Gasteiger partial charge in [0.05, 0.1) is 12.0 Å². The molecule has 6 nitrogen and oxygen atoms in total. The number of hydrogen-bond donors (Lipinski definition) is 2. The van der Waals surface area contributed by atoms with E-state index < -0.39 is 23.8 Å². The van der Waals surface area contributed by atoms with Crippen LogP contribution in [-0.4, -0.2) is 51.5 Å². The van der Waals surface area contributed by atoms with Crippen molar-refractivity contribution in [3.8, 4) is 0 Å². The van der Waals surface area contributed by atoms with Crippen molar-refractivity contribution >= 4 is 11.8 Å². The molecular weight excluding hydrogens is 320 g/mol. The predicted molar refractivity (Wildman–Crippen MR) is 93.1 cm³/mol. The van der Waals surface area contributed by atoms with Gasteiger partial charge in [-0.1, -0.05) is 18.2 Å². The number of amides is 2. The number of nitrogens with zero attached hydrogens (tertiary/aromatic N) is 2. The van der Waals surface area contributed by atoms with Gasteiger partial charge in [-0.05, 0) is 38.7 Å². The van der Waals surface area contributed by atoms with Crippen molar-refractivity contribution in [2.75, 3.05) is 13.6 Å². The summed E-state index contributed by atoms with van der Waals surface area (Å²) in [7, 11) is 1.58. The summed E-state index contributed by atoms with van der Waals surface area (Å²) in [5.74, 6) is -2.08. The first-order chi connectivity index (χ1) is 12.0. The first-order valence-electron chi connectivity index (χ1n) is 8.75. The average Bonchev–Trinajstić information content (AvgIpc) is 2.61. The van der Waals surface area contributed by atoms with Crippen LogP contribution in [0.2, 0.25) is 0 Å². The van der Waals surface area contributed by atoms with Crippen LogP contribution in [0.5, 0.6) is 0 Å². The number of aliphatic hydroxyl groups excluding tert-OH is 2. The van der Waals surface area contributed by atoms with Crippen molar-refractivity contribution in [2.45, 2.75) is 38.7 Å². The maximum atomic E-state index is 13.1. The molecule has 1 aliphatic heterocycles. The molecule has 2 amide bonds. The molecule has 0 aromatic heterocycles. The fraction of sp³-hybridized carbons (Fsp3) is 0.474. The highest BCUT2D eigenvalue weighted by atomic mass is 16.3. The van der Waals surface area contributed by atoms with Crippen LogP contribution in [0.15, 0.2) is 47.0 Å². The van der Waals surface area contributed by atoms with Gasteiger partial charge in [0.15, 0.2) is 0 Å². The second kappa shape index (κ2) is 6.88. The molecule has 2 N–H and O–H groups in total. The van der Waals surface area contributed by atoms with E-state index in [9.17, 15) is 19.8 Å². The number of fused-ring (bicyclic) bond motifs is 1. The van der Waals surface area contributed by atoms with Crippen LogP contribution in [-0.2, 0) is 9.59 Å². The Bertz CT molecular complexity index is 717. The van der Waals surface area contributed by atoms with Crippen molar-refractivity contribution in [3.63, 3.8) is 0 Å². The summed E-state index contributed by atoms with van der Waals surface area (Å²) in [6, 6.07) is 0. The van der Waals surface area contributed by atoms with E-state index in [1.165, 1.54) is 9.80 Å². The standard InChI is InChI=1S/C19H24N2O4/c1-3-21(12-8-5-4-6-9-12)19(25)16-17(23)15-13(20(2)18(16)24)10-7-11-14(15)22/h5,8-10,14-15,22-23H,3-4,6-7,11H2,1-2H3. The van der Waals surface area contributed by atoms with E-state index in [2.05, 4.69) is 0 Å². The summed E-state index contributed by atoms with van der Waals surface area (Å²) < 4.78 is 0. The van der Waals surface area contributed by atoms with Gasteiger partial charge in [0, 0.05) is 25.0 Å². The number of carbonyl (C=O) groups excluding carboxylic acids is 2. The minimum atomic E-state index is -0.804. The SMILES string of the molecule is CCN(C(=O)C1=C(O)C2C(=CCCC2O)N(C)C1=O)C1=CCCC=C1. The first kappa shape index (κ1) is 17.5. The number of likely N-dealkylation sites (N-methyl/N-ethyl adjacent to an activating group) is 2. The zero-order chi connectivity index (χ0) is 18.1. The molecule has 0 aromatic carbocycles. The van der Waals surface area contributed by atoms with Gasteiger partial charge in [0.1, 0.15) is 11.3 Å². The molecule has 0 spiro atoms. The zero-order valence-corrected chi connectivity index (χ0v) is 14.6. The molecule has 25 heavy (non-hydrogen) atoms. The summed E-state index contributed by atoms with van der Waals surface area (Å²) >= 11 is 0. The van der Waals surface area contributed by atoms with E-state index >= 15 is 0 Å². The molecule has 3 rings (SSSR count). The van der Waals surface area contributed by atoms with Crippen molar-refractivity contribution in [1.29, 1.82) is 0 Å². The van der Waals surface area contributed by atoms with Gasteiger partial charge in [-0.25, -0.2) is 0 Å². The highest BCUT2D eigenvalue weighted by Gasteiger charge is 2.44. The molecule has 0 fully saturated rings.